The molecule has 0 aromatic heterocycles. The van der Waals surface area contributed by atoms with Gasteiger partial charge in [-0.1, -0.05) is 66.9 Å². The van der Waals surface area contributed by atoms with E-state index in [9.17, 15) is 18.0 Å². The number of nitrogens with zero attached hydrogens (tertiary/aromatic N) is 2. The second-order valence-electron chi connectivity index (χ2n) is 10.0. The minimum absolute atomic E-state index is 0.0159. The molecular weight excluding hydrogens is 597 g/mol. The number of carbonyl (C=O) groups excluding carboxylic acids is 2. The molecule has 3 aromatic carbocycles. The van der Waals surface area contributed by atoms with E-state index in [0.29, 0.717) is 24.2 Å². The van der Waals surface area contributed by atoms with Gasteiger partial charge in [-0.25, -0.2) is 8.42 Å². The van der Waals surface area contributed by atoms with Crippen molar-refractivity contribution in [1.29, 1.82) is 0 Å². The van der Waals surface area contributed by atoms with Crippen molar-refractivity contribution in [2.75, 3.05) is 18.0 Å². The molecule has 42 heavy (non-hydrogen) atoms. The Labute approximate surface area is 258 Å². The first-order chi connectivity index (χ1) is 19.9. The first-order valence-corrected chi connectivity index (χ1v) is 15.9. The van der Waals surface area contributed by atoms with Gasteiger partial charge in [0, 0.05) is 17.6 Å². The normalized spacial score (nSPS) is 12.7. The van der Waals surface area contributed by atoms with Crippen LogP contribution in [0.2, 0.25) is 10.0 Å². The fourth-order valence-electron chi connectivity index (χ4n) is 4.36. The summed E-state index contributed by atoms with van der Waals surface area (Å²) in [4.78, 5) is 29.0. The molecule has 0 heterocycles. The molecule has 1 N–H and O–H groups in total. The van der Waals surface area contributed by atoms with Crippen molar-refractivity contribution in [2.45, 2.75) is 64.1 Å². The molecule has 0 spiro atoms. The number of methoxy groups -OCH3 is 1. The van der Waals surface area contributed by atoms with E-state index in [1.54, 1.807) is 44.4 Å². The zero-order valence-corrected chi connectivity index (χ0v) is 26.8. The Morgan fingerprint density at radius 1 is 0.976 bits per heavy atom. The summed E-state index contributed by atoms with van der Waals surface area (Å²) in [5.74, 6) is -0.321. The van der Waals surface area contributed by atoms with Crippen LogP contribution in [-0.4, -0.2) is 50.9 Å². The molecule has 0 saturated carbocycles. The van der Waals surface area contributed by atoms with Crippen LogP contribution in [0.3, 0.4) is 0 Å². The monoisotopic (exact) mass is 633 g/mol. The van der Waals surface area contributed by atoms with E-state index in [1.165, 1.54) is 35.2 Å². The standard InChI is InChI=1S/C31H37Cl2N3O5S/c1-6-22(4)34-31(38)28(7-2)35(19-23-9-8-10-25(17-23)41-5)30(37)20-36(29-18-24(32)13-16-27(29)33)42(39,40)26-14-11-21(3)12-15-26/h8-18,22,28H,6-7,19-20H2,1-5H3,(H,34,38)/t22-,28+/m1/s1. The number of hydrogen-bond acceptors (Lipinski definition) is 5. The first-order valence-electron chi connectivity index (χ1n) is 13.7. The summed E-state index contributed by atoms with van der Waals surface area (Å²) in [5.41, 5.74) is 1.64. The van der Waals surface area contributed by atoms with Gasteiger partial charge in [0.1, 0.15) is 18.3 Å². The van der Waals surface area contributed by atoms with E-state index in [1.807, 2.05) is 26.8 Å². The number of anilines is 1. The molecule has 0 fully saturated rings. The van der Waals surface area contributed by atoms with Crippen LogP contribution in [0.4, 0.5) is 5.69 Å². The largest absolute Gasteiger partial charge is 0.497 e. The summed E-state index contributed by atoms with van der Waals surface area (Å²) in [6.45, 7) is 6.92. The predicted octanol–water partition coefficient (Wildman–Crippen LogP) is 6.23. The third kappa shape index (κ3) is 8.18. The Hall–Kier alpha value is -3.27. The van der Waals surface area contributed by atoms with E-state index in [2.05, 4.69) is 5.32 Å². The molecule has 226 valence electrons. The van der Waals surface area contributed by atoms with Crippen LogP contribution in [0.5, 0.6) is 5.75 Å². The number of nitrogens with one attached hydrogen (secondary N) is 1. The number of hydrogen-bond donors (Lipinski definition) is 1. The fourth-order valence-corrected chi connectivity index (χ4v) is 6.22. The molecule has 2 amide bonds. The molecule has 3 aromatic rings. The maximum absolute atomic E-state index is 14.2. The fraction of sp³-hybridized carbons (Fsp3) is 0.355. The van der Waals surface area contributed by atoms with Crippen molar-refractivity contribution >= 4 is 50.7 Å². The molecule has 0 aliphatic rings. The molecule has 0 aliphatic carbocycles. The van der Waals surface area contributed by atoms with E-state index >= 15 is 0 Å². The zero-order chi connectivity index (χ0) is 31.0. The molecule has 11 heteroatoms. The smallest absolute Gasteiger partial charge is 0.264 e. The van der Waals surface area contributed by atoms with Crippen molar-refractivity contribution in [1.82, 2.24) is 10.2 Å². The Balaban J connectivity index is 2.11. The van der Waals surface area contributed by atoms with Gasteiger partial charge in [-0.3, -0.25) is 13.9 Å². The minimum atomic E-state index is -4.28. The number of carbonyl (C=O) groups is 2. The van der Waals surface area contributed by atoms with Gasteiger partial charge in [-0.15, -0.1) is 0 Å². The van der Waals surface area contributed by atoms with E-state index in [0.717, 1.165) is 9.87 Å². The highest BCUT2D eigenvalue weighted by Crippen LogP contribution is 2.33. The molecule has 2 atom stereocenters. The topological polar surface area (TPSA) is 96.0 Å². The summed E-state index contributed by atoms with van der Waals surface area (Å²) < 4.78 is 34.3. The van der Waals surface area contributed by atoms with Crippen LogP contribution in [0.1, 0.15) is 44.7 Å². The second-order valence-corrected chi connectivity index (χ2v) is 12.7. The van der Waals surface area contributed by atoms with Crippen molar-refractivity contribution in [3.8, 4) is 5.75 Å². The van der Waals surface area contributed by atoms with Gasteiger partial charge in [0.2, 0.25) is 11.8 Å². The minimum Gasteiger partial charge on any atom is -0.497 e. The van der Waals surface area contributed by atoms with Gasteiger partial charge in [-0.2, -0.15) is 0 Å². The Bertz CT molecular complexity index is 1500. The molecule has 3 rings (SSSR count). The third-order valence-electron chi connectivity index (χ3n) is 6.94. The summed E-state index contributed by atoms with van der Waals surface area (Å²) in [5, 5.41) is 3.31. The Kier molecular flexibility index (Phi) is 11.7. The summed E-state index contributed by atoms with van der Waals surface area (Å²) >= 11 is 12.7. The van der Waals surface area contributed by atoms with Crippen LogP contribution in [0.15, 0.2) is 71.6 Å². The highest BCUT2D eigenvalue weighted by molar-refractivity contribution is 7.92. The average Bonchev–Trinajstić information content (AvgIpc) is 2.97. The van der Waals surface area contributed by atoms with Crippen LogP contribution in [0.25, 0.3) is 0 Å². The summed E-state index contributed by atoms with van der Waals surface area (Å²) in [6.07, 6.45) is 1.02. The summed E-state index contributed by atoms with van der Waals surface area (Å²) in [7, 11) is -2.73. The molecule has 0 aliphatic heterocycles. The molecule has 0 bridgehead atoms. The Morgan fingerprint density at radius 3 is 2.29 bits per heavy atom. The van der Waals surface area contributed by atoms with Crippen LogP contribution < -0.4 is 14.4 Å². The van der Waals surface area contributed by atoms with Gasteiger partial charge in [0.25, 0.3) is 10.0 Å². The number of sulfonamides is 1. The van der Waals surface area contributed by atoms with Crippen molar-refractivity contribution in [3.05, 3.63) is 87.9 Å². The van der Waals surface area contributed by atoms with Crippen LogP contribution in [0, 0.1) is 6.92 Å². The molecular formula is C31H37Cl2N3O5S. The van der Waals surface area contributed by atoms with Gasteiger partial charge in [0.15, 0.2) is 0 Å². The number of ether oxygens (including phenoxy) is 1. The number of aryl methyl sites for hydroxylation is 1. The lowest BCUT2D eigenvalue weighted by Crippen LogP contribution is -2.53. The molecule has 8 nitrogen and oxygen atoms in total. The van der Waals surface area contributed by atoms with Crippen molar-refractivity contribution in [2.24, 2.45) is 0 Å². The lowest BCUT2D eigenvalue weighted by atomic mass is 10.1. The molecule has 0 radical (unpaired) electrons. The van der Waals surface area contributed by atoms with Gasteiger partial charge >= 0.3 is 0 Å². The lowest BCUT2D eigenvalue weighted by Gasteiger charge is -2.34. The highest BCUT2D eigenvalue weighted by Gasteiger charge is 2.34. The second kappa shape index (κ2) is 14.8. The first kappa shape index (κ1) is 33.2. The SMILES string of the molecule is CC[C@@H](C)NC(=O)[C@H](CC)N(Cc1cccc(OC)c1)C(=O)CN(c1cc(Cl)ccc1Cl)S(=O)(=O)c1ccc(C)cc1. The molecule has 0 unspecified atom stereocenters. The van der Waals surface area contributed by atoms with E-state index in [-0.39, 0.29) is 39.1 Å². The number of halogens is 2. The number of benzene rings is 3. The van der Waals surface area contributed by atoms with Gasteiger partial charge < -0.3 is 15.0 Å². The quantitative estimate of drug-likeness (QED) is 0.241. The third-order valence-corrected chi connectivity index (χ3v) is 9.27. The number of rotatable bonds is 13. The maximum Gasteiger partial charge on any atom is 0.264 e. The highest BCUT2D eigenvalue weighted by atomic mass is 35.5. The maximum atomic E-state index is 14.2. The van der Waals surface area contributed by atoms with Crippen molar-refractivity contribution < 1.29 is 22.7 Å². The summed E-state index contributed by atoms with van der Waals surface area (Å²) in [6, 6.07) is 16.9. The average molecular weight is 635 g/mol. The van der Waals surface area contributed by atoms with Gasteiger partial charge in [-0.05, 0) is 74.7 Å². The Morgan fingerprint density at radius 2 is 1.67 bits per heavy atom. The molecule has 0 saturated heterocycles. The van der Waals surface area contributed by atoms with E-state index in [4.69, 9.17) is 27.9 Å². The van der Waals surface area contributed by atoms with E-state index < -0.39 is 28.5 Å². The number of amides is 2. The van der Waals surface area contributed by atoms with Crippen LogP contribution >= 0.6 is 23.2 Å². The van der Waals surface area contributed by atoms with Gasteiger partial charge in [0.05, 0.1) is 22.7 Å². The predicted molar refractivity (Wildman–Crippen MR) is 168 cm³/mol. The van der Waals surface area contributed by atoms with Crippen molar-refractivity contribution in [3.63, 3.8) is 0 Å². The van der Waals surface area contributed by atoms with Crippen LogP contribution in [-0.2, 0) is 26.2 Å². The lowest BCUT2D eigenvalue weighted by molar-refractivity contribution is -0.140. The zero-order valence-electron chi connectivity index (χ0n) is 24.4.